The van der Waals surface area contributed by atoms with Crippen LogP contribution in [0.5, 0.6) is 0 Å². The van der Waals surface area contributed by atoms with Gasteiger partial charge in [0.15, 0.2) is 0 Å². The van der Waals surface area contributed by atoms with E-state index in [2.05, 4.69) is 19.9 Å². The van der Waals surface area contributed by atoms with Crippen LogP contribution in [-0.4, -0.2) is 7.12 Å². The molecule has 0 unspecified atom stereocenters. The summed E-state index contributed by atoms with van der Waals surface area (Å²) in [6.45, 7) is 4.29. The SMILES string of the molecule is CCCCc1cc(CCCC)cc(B([O-])[O-])c1.[NH4+].[NH4+]. The van der Waals surface area contributed by atoms with Crippen molar-refractivity contribution >= 4 is 12.6 Å². The van der Waals surface area contributed by atoms with Crippen LogP contribution in [0.3, 0.4) is 0 Å². The Hall–Kier alpha value is -0.875. The molecule has 5 heteroatoms. The first kappa shape index (κ1) is 20.4. The number of benzene rings is 1. The molecular formula is C14H29BN2O2. The number of unbranched alkanes of at least 4 members (excludes halogenated alkanes) is 2. The standard InChI is InChI=1S/C14H21BO2.2H3N/c1-3-5-7-12-9-13(8-6-4-2)11-14(10-12)15(16)17;;/h9-11H,3-8H2,1-2H3;2*1H3/q-2;;/p+2. The second-order valence-electron chi connectivity index (χ2n) is 4.62. The maximum absolute atomic E-state index is 11.0. The maximum atomic E-state index is 11.0. The van der Waals surface area contributed by atoms with Gasteiger partial charge >= 0.3 is 0 Å². The van der Waals surface area contributed by atoms with Gasteiger partial charge in [-0.1, -0.05) is 52.0 Å². The van der Waals surface area contributed by atoms with Crippen molar-refractivity contribution in [2.75, 3.05) is 0 Å². The van der Waals surface area contributed by atoms with Crippen LogP contribution >= 0.6 is 0 Å². The van der Waals surface area contributed by atoms with Crippen molar-refractivity contribution in [2.45, 2.75) is 52.4 Å². The van der Waals surface area contributed by atoms with Gasteiger partial charge in [0.25, 0.3) is 0 Å². The minimum atomic E-state index is -1.85. The summed E-state index contributed by atoms with van der Waals surface area (Å²) >= 11 is 0. The fourth-order valence-corrected chi connectivity index (χ4v) is 1.98. The maximum Gasteiger partial charge on any atom is -0.0279 e. The number of hydrogen-bond acceptors (Lipinski definition) is 2. The van der Waals surface area contributed by atoms with Gasteiger partial charge in [0.05, 0.1) is 0 Å². The van der Waals surface area contributed by atoms with Crippen LogP contribution in [0.4, 0.5) is 0 Å². The fraction of sp³-hybridized carbons (Fsp3) is 0.571. The molecule has 0 radical (unpaired) electrons. The highest BCUT2D eigenvalue weighted by Gasteiger charge is 2.00. The van der Waals surface area contributed by atoms with E-state index in [0.29, 0.717) is 5.46 Å². The van der Waals surface area contributed by atoms with Crippen molar-refractivity contribution in [3.05, 3.63) is 29.3 Å². The minimum absolute atomic E-state index is 0. The number of aryl methyl sites for hydroxylation is 2. The van der Waals surface area contributed by atoms with Crippen molar-refractivity contribution in [3.63, 3.8) is 0 Å². The van der Waals surface area contributed by atoms with E-state index in [9.17, 15) is 10.0 Å². The molecule has 4 nitrogen and oxygen atoms in total. The smallest absolute Gasteiger partial charge is 0.0279 e. The van der Waals surface area contributed by atoms with Crippen LogP contribution in [0.1, 0.15) is 50.7 Å². The zero-order valence-electron chi connectivity index (χ0n) is 12.9. The zero-order chi connectivity index (χ0) is 12.7. The van der Waals surface area contributed by atoms with Gasteiger partial charge in [-0.05, 0) is 36.8 Å². The number of quaternary nitrogens is 2. The molecule has 1 aromatic rings. The molecule has 110 valence electrons. The van der Waals surface area contributed by atoms with Gasteiger partial charge in [0, 0.05) is 0 Å². The van der Waals surface area contributed by atoms with E-state index < -0.39 is 7.12 Å². The van der Waals surface area contributed by atoms with Gasteiger partial charge in [-0.3, -0.25) is 0 Å². The van der Waals surface area contributed by atoms with E-state index in [-0.39, 0.29) is 12.3 Å². The van der Waals surface area contributed by atoms with Gasteiger partial charge in [0.2, 0.25) is 0 Å². The van der Waals surface area contributed by atoms with E-state index in [1.165, 1.54) is 0 Å². The third-order valence-electron chi connectivity index (χ3n) is 2.99. The highest BCUT2D eigenvalue weighted by molar-refractivity contribution is 6.55. The van der Waals surface area contributed by atoms with Gasteiger partial charge in [-0.25, -0.2) is 0 Å². The van der Waals surface area contributed by atoms with Gasteiger partial charge in [0.1, 0.15) is 0 Å². The minimum Gasteiger partial charge on any atom is -0.889 e. The molecule has 0 aliphatic rings. The Morgan fingerprint density at radius 3 is 1.58 bits per heavy atom. The molecule has 8 N–H and O–H groups in total. The molecule has 0 heterocycles. The summed E-state index contributed by atoms with van der Waals surface area (Å²) in [5, 5.41) is 22.1. The monoisotopic (exact) mass is 268 g/mol. The average molecular weight is 268 g/mol. The molecule has 0 fully saturated rings. The van der Waals surface area contributed by atoms with Crippen LogP contribution in [0.15, 0.2) is 18.2 Å². The van der Waals surface area contributed by atoms with Crippen molar-refractivity contribution in [2.24, 2.45) is 0 Å². The number of hydrogen-bond donors (Lipinski definition) is 2. The predicted octanol–water partition coefficient (Wildman–Crippen LogP) is 1.54. The van der Waals surface area contributed by atoms with Crippen molar-refractivity contribution < 1.29 is 10.0 Å². The summed E-state index contributed by atoms with van der Waals surface area (Å²) in [7, 11) is -1.85. The zero-order valence-corrected chi connectivity index (χ0v) is 12.9. The molecule has 1 aromatic carbocycles. The second kappa shape index (κ2) is 11.0. The van der Waals surface area contributed by atoms with Crippen LogP contribution in [0, 0.1) is 0 Å². The first-order valence-corrected chi connectivity index (χ1v) is 6.61. The summed E-state index contributed by atoms with van der Waals surface area (Å²) < 4.78 is 0. The summed E-state index contributed by atoms with van der Waals surface area (Å²) in [5.41, 5.74) is 2.70. The quantitative estimate of drug-likeness (QED) is 0.729. The van der Waals surface area contributed by atoms with Crippen molar-refractivity contribution in [1.29, 1.82) is 0 Å². The molecule has 0 amide bonds. The normalized spacial score (nSPS) is 9.47. The van der Waals surface area contributed by atoms with E-state index in [0.717, 1.165) is 49.7 Å². The molecule has 0 aromatic heterocycles. The first-order valence-electron chi connectivity index (χ1n) is 6.61. The van der Waals surface area contributed by atoms with Crippen LogP contribution in [0.25, 0.3) is 0 Å². The molecule has 0 spiro atoms. The Kier molecular flexibility index (Phi) is 11.8. The van der Waals surface area contributed by atoms with E-state index in [4.69, 9.17) is 0 Å². The van der Waals surface area contributed by atoms with Crippen LogP contribution < -0.4 is 27.8 Å². The Labute approximate surface area is 117 Å². The average Bonchev–Trinajstić information content (AvgIpc) is 2.33. The third kappa shape index (κ3) is 7.33. The molecule has 0 saturated heterocycles. The summed E-state index contributed by atoms with van der Waals surface area (Å²) in [4.78, 5) is 0. The van der Waals surface area contributed by atoms with E-state index in [1.807, 2.05) is 0 Å². The third-order valence-corrected chi connectivity index (χ3v) is 2.99. The topological polar surface area (TPSA) is 119 Å². The molecule has 0 bridgehead atoms. The Morgan fingerprint density at radius 2 is 1.26 bits per heavy atom. The van der Waals surface area contributed by atoms with Gasteiger partial charge in [-0.2, -0.15) is 0 Å². The lowest BCUT2D eigenvalue weighted by Gasteiger charge is -2.28. The summed E-state index contributed by atoms with van der Waals surface area (Å²) in [5.74, 6) is 0. The number of rotatable bonds is 7. The van der Waals surface area contributed by atoms with Gasteiger partial charge < -0.3 is 22.3 Å². The Morgan fingerprint density at radius 1 is 0.842 bits per heavy atom. The van der Waals surface area contributed by atoms with E-state index in [1.54, 1.807) is 12.1 Å². The second-order valence-corrected chi connectivity index (χ2v) is 4.62. The first-order chi connectivity index (χ1) is 8.17. The molecule has 1 rings (SSSR count). The summed E-state index contributed by atoms with van der Waals surface area (Å²) in [6, 6.07) is 5.72. The van der Waals surface area contributed by atoms with Crippen LogP contribution in [0.2, 0.25) is 0 Å². The summed E-state index contributed by atoms with van der Waals surface area (Å²) in [6.07, 6.45) is 6.42. The van der Waals surface area contributed by atoms with Crippen molar-refractivity contribution in [3.8, 4) is 0 Å². The van der Waals surface area contributed by atoms with Crippen LogP contribution in [-0.2, 0) is 12.8 Å². The molecule has 0 atom stereocenters. The fourth-order valence-electron chi connectivity index (χ4n) is 1.98. The van der Waals surface area contributed by atoms with E-state index >= 15 is 0 Å². The Bertz CT molecular complexity index is 320. The predicted molar refractivity (Wildman–Crippen MR) is 81.0 cm³/mol. The Balaban J connectivity index is 0. The highest BCUT2D eigenvalue weighted by atomic mass is 16.4. The molecule has 0 aliphatic heterocycles. The van der Waals surface area contributed by atoms with Gasteiger partial charge in [-0.15, -0.1) is 5.46 Å². The highest BCUT2D eigenvalue weighted by Crippen LogP contribution is 2.10. The molecule has 0 saturated carbocycles. The lowest BCUT2D eigenvalue weighted by atomic mass is 9.78. The lowest BCUT2D eigenvalue weighted by Crippen LogP contribution is -2.55. The lowest BCUT2D eigenvalue weighted by molar-refractivity contribution is -0.341. The van der Waals surface area contributed by atoms with Crippen molar-refractivity contribution in [1.82, 2.24) is 12.3 Å². The molecular weight excluding hydrogens is 239 g/mol. The largest absolute Gasteiger partial charge is 0.889 e. The molecule has 19 heavy (non-hydrogen) atoms. The molecule has 0 aliphatic carbocycles.